The Balaban J connectivity index is 1.26. The first-order valence-electron chi connectivity index (χ1n) is 12.1. The van der Waals surface area contributed by atoms with E-state index < -0.39 is 0 Å². The predicted octanol–water partition coefficient (Wildman–Crippen LogP) is 3.72. The minimum absolute atomic E-state index is 0.0655. The van der Waals surface area contributed by atoms with E-state index in [1.807, 2.05) is 4.90 Å². The average Bonchev–Trinajstić information content (AvgIpc) is 2.81. The number of carbonyl (C=O) groups is 1. The van der Waals surface area contributed by atoms with E-state index in [0.717, 1.165) is 38.0 Å². The van der Waals surface area contributed by atoms with E-state index >= 15 is 0 Å². The molecule has 1 spiro atoms. The molecule has 1 saturated carbocycles. The van der Waals surface area contributed by atoms with Crippen molar-refractivity contribution >= 4 is 6.03 Å². The first-order chi connectivity index (χ1) is 15.1. The van der Waals surface area contributed by atoms with Crippen molar-refractivity contribution < 1.29 is 14.3 Å². The van der Waals surface area contributed by atoms with Crippen LogP contribution >= 0.6 is 0 Å². The summed E-state index contributed by atoms with van der Waals surface area (Å²) in [6, 6.07) is 8.99. The molecule has 6 nitrogen and oxygen atoms in total. The summed E-state index contributed by atoms with van der Waals surface area (Å²) in [5.41, 5.74) is 2.62. The normalized spacial score (nSPS) is 24.2. The minimum atomic E-state index is 0.0655. The first kappa shape index (κ1) is 22.6. The number of carbonyl (C=O) groups excluding carboxylic acids is 1. The number of amides is 2. The van der Waals surface area contributed by atoms with E-state index in [2.05, 4.69) is 41.4 Å². The summed E-state index contributed by atoms with van der Waals surface area (Å²) in [4.78, 5) is 17.4. The number of hydrogen-bond donors (Lipinski definition) is 1. The number of hydrogen-bond acceptors (Lipinski definition) is 4. The fraction of sp³-hybridized carbons (Fsp3) is 0.720. The molecule has 31 heavy (non-hydrogen) atoms. The van der Waals surface area contributed by atoms with Gasteiger partial charge in [0.25, 0.3) is 0 Å². The molecule has 6 heteroatoms. The van der Waals surface area contributed by atoms with Crippen LogP contribution in [0.25, 0.3) is 0 Å². The van der Waals surface area contributed by atoms with Crippen molar-refractivity contribution in [3.05, 3.63) is 35.4 Å². The summed E-state index contributed by atoms with van der Waals surface area (Å²) in [5, 5.41) is 3.09. The molecule has 3 aliphatic rings. The summed E-state index contributed by atoms with van der Waals surface area (Å²) in [5.74, 6) is 0. The number of piperidine rings is 1. The Morgan fingerprint density at radius 3 is 2.48 bits per heavy atom. The number of methoxy groups -OCH3 is 1. The van der Waals surface area contributed by atoms with Crippen LogP contribution in [0.1, 0.15) is 56.1 Å². The predicted molar refractivity (Wildman–Crippen MR) is 122 cm³/mol. The summed E-state index contributed by atoms with van der Waals surface area (Å²) in [7, 11) is 1.73. The lowest BCUT2D eigenvalue weighted by atomic mass is 9.69. The largest absolute Gasteiger partial charge is 0.382 e. The fourth-order valence-corrected chi connectivity index (χ4v) is 5.75. The molecule has 2 heterocycles. The second-order valence-corrected chi connectivity index (χ2v) is 9.53. The van der Waals surface area contributed by atoms with Gasteiger partial charge in [-0.2, -0.15) is 0 Å². The van der Waals surface area contributed by atoms with Crippen LogP contribution in [0.15, 0.2) is 24.3 Å². The second-order valence-electron chi connectivity index (χ2n) is 9.53. The van der Waals surface area contributed by atoms with Gasteiger partial charge >= 0.3 is 6.03 Å². The van der Waals surface area contributed by atoms with Gasteiger partial charge in [0.05, 0.1) is 19.3 Å². The number of nitrogens with one attached hydrogen (secondary N) is 1. The highest BCUT2D eigenvalue weighted by Gasteiger charge is 2.56. The zero-order chi connectivity index (χ0) is 21.7. The van der Waals surface area contributed by atoms with Gasteiger partial charge in [-0.1, -0.05) is 49.1 Å². The Kier molecular flexibility index (Phi) is 7.51. The van der Waals surface area contributed by atoms with E-state index in [1.165, 1.54) is 37.7 Å². The van der Waals surface area contributed by atoms with Gasteiger partial charge in [0.15, 0.2) is 0 Å². The molecule has 0 aromatic heterocycles. The molecule has 0 radical (unpaired) electrons. The Morgan fingerprint density at radius 1 is 1.10 bits per heavy atom. The number of ether oxygens (including phenoxy) is 2. The number of aryl methyl sites for hydroxylation is 1. The molecule has 172 valence electrons. The summed E-state index contributed by atoms with van der Waals surface area (Å²) < 4.78 is 11.4. The van der Waals surface area contributed by atoms with E-state index in [9.17, 15) is 4.79 Å². The van der Waals surface area contributed by atoms with E-state index in [0.29, 0.717) is 31.9 Å². The van der Waals surface area contributed by atoms with Gasteiger partial charge in [-0.15, -0.1) is 0 Å². The van der Waals surface area contributed by atoms with E-state index in [1.54, 1.807) is 7.11 Å². The van der Waals surface area contributed by atoms with Crippen molar-refractivity contribution in [1.82, 2.24) is 15.1 Å². The van der Waals surface area contributed by atoms with Crippen molar-refractivity contribution in [2.24, 2.45) is 0 Å². The maximum Gasteiger partial charge on any atom is 0.317 e. The third-order valence-electron chi connectivity index (χ3n) is 7.62. The molecule has 1 unspecified atom stereocenters. The molecular weight excluding hydrogens is 390 g/mol. The standard InChI is InChI=1S/C25H39N3O3/c1-20-6-8-21(9-7-20)18-26-24(29)27-14-10-22(11-15-27)28-19-23(31-17-16-30-2)25(28)12-4-3-5-13-25/h6-9,22-23H,3-5,10-19H2,1-2H3,(H,26,29). The zero-order valence-corrected chi connectivity index (χ0v) is 19.3. The maximum atomic E-state index is 12.7. The molecular formula is C25H39N3O3. The number of likely N-dealkylation sites (tertiary alicyclic amines) is 2. The van der Waals surface area contributed by atoms with Gasteiger partial charge in [0.1, 0.15) is 0 Å². The average molecular weight is 430 g/mol. The van der Waals surface area contributed by atoms with Crippen molar-refractivity contribution in [1.29, 1.82) is 0 Å². The Hall–Kier alpha value is -1.63. The van der Waals surface area contributed by atoms with Crippen LogP contribution < -0.4 is 5.32 Å². The second kappa shape index (κ2) is 10.3. The van der Waals surface area contributed by atoms with Crippen LogP contribution in [-0.4, -0.2) is 73.5 Å². The van der Waals surface area contributed by atoms with Gasteiger partial charge in [0, 0.05) is 44.9 Å². The van der Waals surface area contributed by atoms with Gasteiger partial charge in [0.2, 0.25) is 0 Å². The molecule has 1 aromatic carbocycles. The number of rotatable bonds is 7. The van der Waals surface area contributed by atoms with Crippen molar-refractivity contribution in [3.8, 4) is 0 Å². The van der Waals surface area contributed by atoms with Crippen LogP contribution in [0.4, 0.5) is 4.79 Å². The monoisotopic (exact) mass is 429 g/mol. The minimum Gasteiger partial charge on any atom is -0.382 e. The lowest BCUT2D eigenvalue weighted by Gasteiger charge is -2.63. The van der Waals surface area contributed by atoms with E-state index in [-0.39, 0.29) is 11.6 Å². The Bertz CT molecular complexity index is 709. The highest BCUT2D eigenvalue weighted by atomic mass is 16.5. The smallest absolute Gasteiger partial charge is 0.317 e. The van der Waals surface area contributed by atoms with Crippen LogP contribution in [0.5, 0.6) is 0 Å². The molecule has 2 aliphatic heterocycles. The molecule has 1 aromatic rings. The quantitative estimate of drug-likeness (QED) is 0.671. The van der Waals surface area contributed by atoms with Crippen LogP contribution in [-0.2, 0) is 16.0 Å². The highest BCUT2D eigenvalue weighted by molar-refractivity contribution is 5.74. The molecule has 1 N–H and O–H groups in total. The molecule has 2 amide bonds. The zero-order valence-electron chi connectivity index (χ0n) is 19.3. The molecule has 3 fully saturated rings. The van der Waals surface area contributed by atoms with Gasteiger partial charge in [-0.05, 0) is 38.2 Å². The summed E-state index contributed by atoms with van der Waals surface area (Å²) >= 11 is 0. The van der Waals surface area contributed by atoms with Crippen molar-refractivity contribution in [2.75, 3.05) is 40.0 Å². The molecule has 1 aliphatic carbocycles. The van der Waals surface area contributed by atoms with Crippen LogP contribution in [0, 0.1) is 6.92 Å². The van der Waals surface area contributed by atoms with Crippen molar-refractivity contribution in [2.45, 2.75) is 76.1 Å². The summed E-state index contributed by atoms with van der Waals surface area (Å²) in [6.07, 6.45) is 8.93. The highest BCUT2D eigenvalue weighted by Crippen LogP contribution is 2.47. The SMILES string of the molecule is COCCOC1CN(C2CCN(C(=O)NCc3ccc(C)cc3)CC2)C12CCCCC2. The van der Waals surface area contributed by atoms with Gasteiger partial charge in [-0.3, -0.25) is 4.90 Å². The topological polar surface area (TPSA) is 54.0 Å². The van der Waals surface area contributed by atoms with Crippen LogP contribution in [0.3, 0.4) is 0 Å². The third kappa shape index (κ3) is 5.07. The lowest BCUT2D eigenvalue weighted by molar-refractivity contribution is -0.203. The first-order valence-corrected chi connectivity index (χ1v) is 12.1. The fourth-order valence-electron chi connectivity index (χ4n) is 5.75. The molecule has 4 rings (SSSR count). The third-order valence-corrected chi connectivity index (χ3v) is 7.62. The number of urea groups is 1. The van der Waals surface area contributed by atoms with Crippen LogP contribution in [0.2, 0.25) is 0 Å². The Morgan fingerprint density at radius 2 is 1.81 bits per heavy atom. The van der Waals surface area contributed by atoms with E-state index in [4.69, 9.17) is 9.47 Å². The number of nitrogens with zero attached hydrogens (tertiary/aromatic N) is 2. The Labute approximate surface area is 187 Å². The van der Waals surface area contributed by atoms with Crippen molar-refractivity contribution in [3.63, 3.8) is 0 Å². The molecule has 1 atom stereocenters. The summed E-state index contributed by atoms with van der Waals surface area (Å²) in [6.45, 7) is 6.75. The van der Waals surface area contributed by atoms with Gasteiger partial charge < -0.3 is 19.7 Å². The number of benzene rings is 1. The van der Waals surface area contributed by atoms with Gasteiger partial charge in [-0.25, -0.2) is 4.79 Å². The maximum absolute atomic E-state index is 12.7. The lowest BCUT2D eigenvalue weighted by Crippen LogP contribution is -2.75. The molecule has 0 bridgehead atoms. The molecule has 2 saturated heterocycles.